The SMILES string of the molecule is O=C1[C@@H]2[C@@H](ON(c3ccccc3)[C@H]2c2ccccc2[N+](=O)[O-])C(=O)N1c1ccc(Cl)cc1. The van der Waals surface area contributed by atoms with Crippen molar-refractivity contribution in [1.82, 2.24) is 0 Å². The molecule has 3 aromatic rings. The van der Waals surface area contributed by atoms with Gasteiger partial charge in [0, 0.05) is 11.1 Å². The van der Waals surface area contributed by atoms with Gasteiger partial charge in [-0.1, -0.05) is 41.9 Å². The molecule has 3 atom stereocenters. The van der Waals surface area contributed by atoms with E-state index >= 15 is 0 Å². The van der Waals surface area contributed by atoms with Crippen molar-refractivity contribution < 1.29 is 19.3 Å². The lowest BCUT2D eigenvalue weighted by Gasteiger charge is -2.28. The third kappa shape index (κ3) is 3.12. The summed E-state index contributed by atoms with van der Waals surface area (Å²) in [5.74, 6) is -1.97. The highest BCUT2D eigenvalue weighted by atomic mass is 35.5. The van der Waals surface area contributed by atoms with Crippen LogP contribution in [-0.2, 0) is 14.4 Å². The minimum atomic E-state index is -1.11. The van der Waals surface area contributed by atoms with Crippen LogP contribution in [0.15, 0.2) is 78.9 Å². The molecule has 32 heavy (non-hydrogen) atoms. The first kappa shape index (κ1) is 20.2. The van der Waals surface area contributed by atoms with E-state index in [4.69, 9.17) is 16.4 Å². The highest BCUT2D eigenvalue weighted by molar-refractivity contribution is 6.31. The molecule has 3 aromatic carbocycles. The number of halogens is 1. The van der Waals surface area contributed by atoms with Crippen LogP contribution in [0.1, 0.15) is 11.6 Å². The van der Waals surface area contributed by atoms with Crippen molar-refractivity contribution in [3.63, 3.8) is 0 Å². The fraction of sp³-hybridized carbons (Fsp3) is 0.130. The molecule has 5 rings (SSSR count). The number of hydrogen-bond donors (Lipinski definition) is 0. The Labute approximate surface area is 187 Å². The van der Waals surface area contributed by atoms with E-state index in [1.807, 2.05) is 6.07 Å². The Morgan fingerprint density at radius 3 is 2.19 bits per heavy atom. The summed E-state index contributed by atoms with van der Waals surface area (Å²) >= 11 is 5.94. The molecule has 2 amide bonds. The van der Waals surface area contributed by atoms with Crippen LogP contribution in [0.4, 0.5) is 17.1 Å². The molecule has 8 nitrogen and oxygen atoms in total. The molecule has 0 bridgehead atoms. The highest BCUT2D eigenvalue weighted by Gasteiger charge is 2.61. The first-order valence-corrected chi connectivity index (χ1v) is 10.2. The first-order chi connectivity index (χ1) is 15.5. The van der Waals surface area contributed by atoms with Crippen molar-refractivity contribution >= 4 is 40.5 Å². The number of para-hydroxylation sites is 2. The Kier molecular flexibility index (Phi) is 4.88. The standard InChI is InChI=1S/C23H16ClN3O5/c24-14-10-12-15(13-11-14)25-22(28)19-20(17-8-4-5-9-18(17)27(30)31)26(32-21(19)23(25)29)16-6-2-1-3-7-16/h1-13,19-21H/t19-,20-,21+/m0/s1. The number of imide groups is 1. The summed E-state index contributed by atoms with van der Waals surface area (Å²) in [6.07, 6.45) is -1.11. The Hall–Kier alpha value is -3.75. The van der Waals surface area contributed by atoms with E-state index in [0.29, 0.717) is 22.0 Å². The number of amides is 2. The molecule has 9 heteroatoms. The van der Waals surface area contributed by atoms with E-state index in [1.54, 1.807) is 66.7 Å². The van der Waals surface area contributed by atoms with E-state index in [2.05, 4.69) is 0 Å². The summed E-state index contributed by atoms with van der Waals surface area (Å²) < 4.78 is 0. The van der Waals surface area contributed by atoms with Crippen molar-refractivity contribution in [2.75, 3.05) is 9.96 Å². The molecule has 0 radical (unpaired) electrons. The molecule has 0 aliphatic carbocycles. The molecule has 0 saturated carbocycles. The van der Waals surface area contributed by atoms with Gasteiger partial charge in [-0.2, -0.15) is 0 Å². The van der Waals surface area contributed by atoms with Gasteiger partial charge in [0.15, 0.2) is 6.10 Å². The zero-order valence-electron chi connectivity index (χ0n) is 16.5. The van der Waals surface area contributed by atoms with E-state index in [9.17, 15) is 19.7 Å². The van der Waals surface area contributed by atoms with Crippen LogP contribution in [0.2, 0.25) is 5.02 Å². The van der Waals surface area contributed by atoms with Crippen LogP contribution in [0.3, 0.4) is 0 Å². The fourth-order valence-corrected chi connectivity index (χ4v) is 4.40. The maximum Gasteiger partial charge on any atom is 0.274 e. The number of nitrogens with zero attached hydrogens (tertiary/aromatic N) is 3. The molecule has 0 N–H and O–H groups in total. The average molecular weight is 450 g/mol. The Bertz CT molecular complexity index is 1220. The van der Waals surface area contributed by atoms with Gasteiger partial charge in [-0.25, -0.2) is 9.96 Å². The van der Waals surface area contributed by atoms with Crippen LogP contribution >= 0.6 is 11.6 Å². The van der Waals surface area contributed by atoms with Crippen molar-refractivity contribution in [2.24, 2.45) is 5.92 Å². The number of fused-ring (bicyclic) bond motifs is 1. The molecule has 2 saturated heterocycles. The number of anilines is 2. The largest absolute Gasteiger partial charge is 0.274 e. The third-order valence-corrected chi connectivity index (χ3v) is 5.91. The third-order valence-electron chi connectivity index (χ3n) is 5.66. The quantitative estimate of drug-likeness (QED) is 0.335. The molecule has 2 fully saturated rings. The lowest BCUT2D eigenvalue weighted by atomic mass is 9.89. The normalized spacial score (nSPS) is 22.3. The number of hydrogen-bond acceptors (Lipinski definition) is 6. The van der Waals surface area contributed by atoms with Gasteiger partial charge in [0.25, 0.3) is 11.6 Å². The zero-order chi connectivity index (χ0) is 22.4. The second kappa shape index (κ2) is 7.74. The molecule has 0 spiro atoms. The number of benzene rings is 3. The Morgan fingerprint density at radius 1 is 0.844 bits per heavy atom. The van der Waals surface area contributed by atoms with Crippen molar-refractivity contribution in [2.45, 2.75) is 12.1 Å². The van der Waals surface area contributed by atoms with Crippen LogP contribution in [0, 0.1) is 16.0 Å². The van der Waals surface area contributed by atoms with Gasteiger partial charge in [-0.15, -0.1) is 0 Å². The molecule has 2 aliphatic rings. The van der Waals surface area contributed by atoms with Crippen LogP contribution in [0.5, 0.6) is 0 Å². The van der Waals surface area contributed by atoms with E-state index in [1.165, 1.54) is 11.1 Å². The minimum Gasteiger partial charge on any atom is -0.273 e. The summed E-state index contributed by atoms with van der Waals surface area (Å²) in [4.78, 5) is 45.1. The maximum absolute atomic E-state index is 13.5. The second-order valence-corrected chi connectivity index (χ2v) is 7.90. The molecular weight excluding hydrogens is 434 g/mol. The molecular formula is C23H16ClN3O5. The van der Waals surface area contributed by atoms with Crippen LogP contribution < -0.4 is 9.96 Å². The zero-order valence-corrected chi connectivity index (χ0v) is 17.3. The Morgan fingerprint density at radius 2 is 1.50 bits per heavy atom. The van der Waals surface area contributed by atoms with E-state index in [0.717, 1.165) is 4.90 Å². The molecule has 2 aliphatic heterocycles. The van der Waals surface area contributed by atoms with E-state index in [-0.39, 0.29) is 5.69 Å². The monoisotopic (exact) mass is 449 g/mol. The lowest BCUT2D eigenvalue weighted by Crippen LogP contribution is -2.37. The highest BCUT2D eigenvalue weighted by Crippen LogP contribution is 2.49. The molecule has 160 valence electrons. The van der Waals surface area contributed by atoms with Gasteiger partial charge >= 0.3 is 0 Å². The van der Waals surface area contributed by atoms with Crippen molar-refractivity contribution in [3.8, 4) is 0 Å². The van der Waals surface area contributed by atoms with Gasteiger partial charge in [-0.3, -0.25) is 24.5 Å². The summed E-state index contributed by atoms with van der Waals surface area (Å²) in [6, 6.07) is 20.6. The van der Waals surface area contributed by atoms with Gasteiger partial charge in [0.1, 0.15) is 12.0 Å². The molecule has 0 unspecified atom stereocenters. The number of hydroxylamine groups is 1. The average Bonchev–Trinajstić information content (AvgIpc) is 3.31. The summed E-state index contributed by atoms with van der Waals surface area (Å²) in [5.41, 5.74) is 1.11. The second-order valence-electron chi connectivity index (χ2n) is 7.46. The van der Waals surface area contributed by atoms with E-state index < -0.39 is 34.8 Å². The number of nitro groups is 1. The summed E-state index contributed by atoms with van der Waals surface area (Å²) in [7, 11) is 0. The van der Waals surface area contributed by atoms with Gasteiger partial charge < -0.3 is 0 Å². The topological polar surface area (TPSA) is 93.0 Å². The lowest BCUT2D eigenvalue weighted by molar-refractivity contribution is -0.385. The number of nitro benzene ring substituents is 1. The molecule has 0 aromatic heterocycles. The van der Waals surface area contributed by atoms with Crippen LogP contribution in [0.25, 0.3) is 0 Å². The fourth-order valence-electron chi connectivity index (χ4n) is 4.28. The van der Waals surface area contributed by atoms with Gasteiger partial charge in [0.2, 0.25) is 5.91 Å². The number of rotatable bonds is 4. The van der Waals surface area contributed by atoms with Crippen molar-refractivity contribution in [3.05, 3.63) is 99.6 Å². The van der Waals surface area contributed by atoms with Crippen molar-refractivity contribution in [1.29, 1.82) is 0 Å². The predicted molar refractivity (Wildman–Crippen MR) is 117 cm³/mol. The van der Waals surface area contributed by atoms with Gasteiger partial charge in [0.05, 0.1) is 21.9 Å². The minimum absolute atomic E-state index is 0.145. The Balaban J connectivity index is 1.63. The molecule has 2 heterocycles. The van der Waals surface area contributed by atoms with Gasteiger partial charge in [-0.05, 0) is 42.5 Å². The maximum atomic E-state index is 13.5. The predicted octanol–water partition coefficient (Wildman–Crippen LogP) is 4.30. The first-order valence-electron chi connectivity index (χ1n) is 9.85. The number of carbonyl (C=O) groups is 2. The summed E-state index contributed by atoms with van der Waals surface area (Å²) in [6.45, 7) is 0. The smallest absolute Gasteiger partial charge is 0.273 e. The number of carbonyl (C=O) groups excluding carboxylic acids is 2. The summed E-state index contributed by atoms with van der Waals surface area (Å²) in [5, 5.41) is 13.7. The van der Waals surface area contributed by atoms with Crippen LogP contribution in [-0.4, -0.2) is 22.8 Å².